The normalized spacial score (nSPS) is 22.0. The zero-order valence-corrected chi connectivity index (χ0v) is 15.8. The Morgan fingerprint density at radius 3 is 2.96 bits per heavy atom. The third-order valence-electron chi connectivity index (χ3n) is 5.13. The maximum atomic E-state index is 12.3. The molecule has 0 spiro atoms. The first kappa shape index (κ1) is 19.1. The first-order valence-corrected chi connectivity index (χ1v) is 9.93. The third-order valence-corrected chi connectivity index (χ3v) is 5.13. The fourth-order valence-corrected chi connectivity index (χ4v) is 3.47. The van der Waals surface area contributed by atoms with Crippen LogP contribution in [0.4, 0.5) is 5.82 Å². The second-order valence-electron chi connectivity index (χ2n) is 7.25. The fourth-order valence-electron chi connectivity index (χ4n) is 3.47. The molecule has 2 unspecified atom stereocenters. The predicted octanol–water partition coefficient (Wildman–Crippen LogP) is 2.66. The molecule has 0 radical (unpaired) electrons. The van der Waals surface area contributed by atoms with Crippen molar-refractivity contribution >= 4 is 11.7 Å². The van der Waals surface area contributed by atoms with Crippen LogP contribution in [0, 0.1) is 0 Å². The number of hydrogen-bond acceptors (Lipinski definition) is 5. The number of nitrogens with one attached hydrogen (secondary N) is 1. The Kier molecular flexibility index (Phi) is 7.26. The SMILES string of the molecule is CC(OCC1CCCCO1)C(=O)NCc1ccnc(N2CCCCC2)c1. The van der Waals surface area contributed by atoms with Crippen molar-refractivity contribution < 1.29 is 14.3 Å². The standard InChI is InChI=1S/C20H31N3O3/c1-16(26-15-18-7-3-6-12-25-18)20(24)22-14-17-8-9-21-19(13-17)23-10-4-2-5-11-23/h8-9,13,16,18H,2-7,10-12,14-15H2,1H3,(H,22,24). The summed E-state index contributed by atoms with van der Waals surface area (Å²) in [5.41, 5.74) is 1.07. The molecule has 144 valence electrons. The second-order valence-corrected chi connectivity index (χ2v) is 7.25. The van der Waals surface area contributed by atoms with E-state index in [1.54, 1.807) is 6.92 Å². The van der Waals surface area contributed by atoms with E-state index in [1.165, 1.54) is 25.7 Å². The second kappa shape index (κ2) is 9.88. The van der Waals surface area contributed by atoms with Gasteiger partial charge in [-0.2, -0.15) is 0 Å². The number of amides is 1. The first-order chi connectivity index (χ1) is 12.7. The number of ether oxygens (including phenoxy) is 2. The molecular formula is C20H31N3O3. The van der Waals surface area contributed by atoms with Crippen LogP contribution in [0.1, 0.15) is 51.0 Å². The maximum absolute atomic E-state index is 12.3. The van der Waals surface area contributed by atoms with Crippen LogP contribution in [0.5, 0.6) is 0 Å². The van der Waals surface area contributed by atoms with E-state index >= 15 is 0 Å². The lowest BCUT2D eigenvalue weighted by molar-refractivity contribution is -0.135. The van der Waals surface area contributed by atoms with E-state index in [2.05, 4.69) is 21.3 Å². The van der Waals surface area contributed by atoms with E-state index in [0.29, 0.717) is 13.2 Å². The summed E-state index contributed by atoms with van der Waals surface area (Å²) in [5, 5.41) is 2.97. The molecule has 26 heavy (non-hydrogen) atoms. The summed E-state index contributed by atoms with van der Waals surface area (Å²) >= 11 is 0. The number of hydrogen-bond donors (Lipinski definition) is 1. The minimum atomic E-state index is -0.469. The summed E-state index contributed by atoms with van der Waals surface area (Å²) in [4.78, 5) is 19.1. The lowest BCUT2D eigenvalue weighted by atomic mass is 10.1. The van der Waals surface area contributed by atoms with Crippen molar-refractivity contribution in [3.63, 3.8) is 0 Å². The summed E-state index contributed by atoms with van der Waals surface area (Å²) in [6, 6.07) is 4.03. The molecule has 2 aliphatic heterocycles. The molecule has 3 heterocycles. The van der Waals surface area contributed by atoms with E-state index in [-0.39, 0.29) is 12.0 Å². The van der Waals surface area contributed by atoms with E-state index < -0.39 is 6.10 Å². The van der Waals surface area contributed by atoms with Gasteiger partial charge in [0.05, 0.1) is 12.7 Å². The minimum absolute atomic E-state index is 0.0860. The zero-order valence-electron chi connectivity index (χ0n) is 15.8. The number of rotatable bonds is 7. The summed E-state index contributed by atoms with van der Waals surface area (Å²) in [7, 11) is 0. The van der Waals surface area contributed by atoms with Gasteiger partial charge in [-0.15, -0.1) is 0 Å². The number of anilines is 1. The van der Waals surface area contributed by atoms with Crippen molar-refractivity contribution in [1.82, 2.24) is 10.3 Å². The van der Waals surface area contributed by atoms with Crippen LogP contribution < -0.4 is 10.2 Å². The molecule has 2 saturated heterocycles. The summed E-state index contributed by atoms with van der Waals surface area (Å²) in [6.07, 6.45) is 8.56. The van der Waals surface area contributed by atoms with Crippen molar-refractivity contribution in [2.24, 2.45) is 0 Å². The Bertz CT molecular complexity index is 569. The maximum Gasteiger partial charge on any atom is 0.249 e. The highest BCUT2D eigenvalue weighted by molar-refractivity contribution is 5.80. The Labute approximate surface area is 156 Å². The van der Waals surface area contributed by atoms with Crippen LogP contribution in [0.2, 0.25) is 0 Å². The molecule has 1 amide bonds. The summed E-state index contributed by atoms with van der Waals surface area (Å²) in [6.45, 7) is 5.71. The van der Waals surface area contributed by atoms with Gasteiger partial charge in [-0.3, -0.25) is 4.79 Å². The number of pyridine rings is 1. The Balaban J connectivity index is 1.43. The van der Waals surface area contributed by atoms with Crippen LogP contribution >= 0.6 is 0 Å². The topological polar surface area (TPSA) is 63.7 Å². The van der Waals surface area contributed by atoms with Gasteiger partial charge in [0.25, 0.3) is 0 Å². The molecular weight excluding hydrogens is 330 g/mol. The highest BCUT2D eigenvalue weighted by Gasteiger charge is 2.19. The van der Waals surface area contributed by atoms with Crippen molar-refractivity contribution in [2.45, 2.75) is 64.2 Å². The summed E-state index contributed by atoms with van der Waals surface area (Å²) < 4.78 is 11.3. The van der Waals surface area contributed by atoms with Crippen molar-refractivity contribution in [1.29, 1.82) is 0 Å². The van der Waals surface area contributed by atoms with Gasteiger partial charge in [0.15, 0.2) is 0 Å². The lowest BCUT2D eigenvalue weighted by Gasteiger charge is -2.28. The van der Waals surface area contributed by atoms with E-state index in [1.807, 2.05) is 12.3 Å². The van der Waals surface area contributed by atoms with E-state index in [4.69, 9.17) is 9.47 Å². The van der Waals surface area contributed by atoms with Gasteiger partial charge in [0, 0.05) is 32.4 Å². The quantitative estimate of drug-likeness (QED) is 0.809. The monoisotopic (exact) mass is 361 g/mol. The Morgan fingerprint density at radius 1 is 1.35 bits per heavy atom. The van der Waals surface area contributed by atoms with Gasteiger partial charge < -0.3 is 19.7 Å². The average molecular weight is 361 g/mol. The highest BCUT2D eigenvalue weighted by Crippen LogP contribution is 2.18. The zero-order chi connectivity index (χ0) is 18.2. The fraction of sp³-hybridized carbons (Fsp3) is 0.700. The Hall–Kier alpha value is -1.66. The molecule has 6 heteroatoms. The molecule has 6 nitrogen and oxygen atoms in total. The molecule has 0 saturated carbocycles. The van der Waals surface area contributed by atoms with Gasteiger partial charge >= 0.3 is 0 Å². The largest absolute Gasteiger partial charge is 0.376 e. The van der Waals surface area contributed by atoms with Gasteiger partial charge in [-0.05, 0) is 63.1 Å². The average Bonchev–Trinajstić information content (AvgIpc) is 2.72. The molecule has 0 aromatic carbocycles. The number of carbonyl (C=O) groups excluding carboxylic acids is 1. The van der Waals surface area contributed by atoms with Gasteiger partial charge in [0.1, 0.15) is 11.9 Å². The van der Waals surface area contributed by atoms with Crippen molar-refractivity contribution in [3.05, 3.63) is 23.9 Å². The number of carbonyl (C=O) groups is 1. The number of nitrogens with zero attached hydrogens (tertiary/aromatic N) is 2. The van der Waals surface area contributed by atoms with Crippen molar-refractivity contribution in [2.75, 3.05) is 31.2 Å². The Morgan fingerprint density at radius 2 is 2.19 bits per heavy atom. The van der Waals surface area contributed by atoms with Crippen LogP contribution in [0.25, 0.3) is 0 Å². The van der Waals surface area contributed by atoms with Gasteiger partial charge in [0.2, 0.25) is 5.91 Å². The number of aromatic nitrogens is 1. The lowest BCUT2D eigenvalue weighted by Crippen LogP contribution is -2.36. The molecule has 2 fully saturated rings. The summed E-state index contributed by atoms with van der Waals surface area (Å²) in [5.74, 6) is 0.923. The molecule has 1 N–H and O–H groups in total. The van der Waals surface area contributed by atoms with Crippen LogP contribution in [-0.4, -0.2) is 49.4 Å². The van der Waals surface area contributed by atoms with E-state index in [9.17, 15) is 4.79 Å². The van der Waals surface area contributed by atoms with Crippen LogP contribution in [0.15, 0.2) is 18.3 Å². The molecule has 0 aliphatic carbocycles. The van der Waals surface area contributed by atoms with Crippen molar-refractivity contribution in [3.8, 4) is 0 Å². The first-order valence-electron chi connectivity index (χ1n) is 9.93. The van der Waals surface area contributed by atoms with Gasteiger partial charge in [-0.1, -0.05) is 0 Å². The van der Waals surface area contributed by atoms with Crippen LogP contribution in [0.3, 0.4) is 0 Å². The molecule has 2 atom stereocenters. The van der Waals surface area contributed by atoms with Crippen LogP contribution in [-0.2, 0) is 20.8 Å². The minimum Gasteiger partial charge on any atom is -0.376 e. The molecule has 2 aliphatic rings. The third kappa shape index (κ3) is 5.68. The molecule has 1 aromatic heterocycles. The highest BCUT2D eigenvalue weighted by atomic mass is 16.5. The predicted molar refractivity (Wildman–Crippen MR) is 101 cm³/mol. The molecule has 0 bridgehead atoms. The van der Waals surface area contributed by atoms with E-state index in [0.717, 1.165) is 43.9 Å². The number of piperidine rings is 1. The molecule has 3 rings (SSSR count). The molecule has 1 aromatic rings. The van der Waals surface area contributed by atoms with Gasteiger partial charge in [-0.25, -0.2) is 4.98 Å². The smallest absolute Gasteiger partial charge is 0.249 e.